The Kier molecular flexibility index (Phi) is 2.62. The maximum atomic E-state index is 11.1. The third-order valence-corrected chi connectivity index (χ3v) is 3.27. The van der Waals surface area contributed by atoms with E-state index in [1.165, 1.54) is 5.56 Å². The largest absolute Gasteiger partial charge is 0.379 e. The first kappa shape index (κ1) is 11.3. The van der Waals surface area contributed by atoms with Crippen LogP contribution in [0.1, 0.15) is 31.9 Å². The van der Waals surface area contributed by atoms with E-state index in [1.807, 2.05) is 0 Å². The first-order valence-corrected chi connectivity index (χ1v) is 5.63. The van der Waals surface area contributed by atoms with Crippen molar-refractivity contribution in [2.75, 3.05) is 13.2 Å². The number of carbonyl (C=O) groups is 1. The van der Waals surface area contributed by atoms with Crippen LogP contribution in [0, 0.1) is 0 Å². The summed E-state index contributed by atoms with van der Waals surface area (Å²) in [7, 11) is 0. The zero-order chi connectivity index (χ0) is 11.8. The topological polar surface area (TPSA) is 26.3 Å². The molecule has 1 aliphatic heterocycles. The molecule has 0 bridgehead atoms. The van der Waals surface area contributed by atoms with Crippen LogP contribution in [0.4, 0.5) is 0 Å². The second-order valence-electron chi connectivity index (χ2n) is 5.59. The van der Waals surface area contributed by atoms with E-state index in [1.54, 1.807) is 0 Å². The van der Waals surface area contributed by atoms with Crippen molar-refractivity contribution in [1.29, 1.82) is 0 Å². The zero-order valence-electron chi connectivity index (χ0n) is 10.1. The Morgan fingerprint density at radius 1 is 1.19 bits per heavy atom. The Bertz CT molecular complexity index is 380. The summed E-state index contributed by atoms with van der Waals surface area (Å²) in [4.78, 5) is 11.1. The third kappa shape index (κ3) is 1.78. The van der Waals surface area contributed by atoms with Gasteiger partial charge in [-0.15, -0.1) is 0 Å². The Morgan fingerprint density at radius 3 is 2.06 bits per heavy atom. The molecule has 1 saturated heterocycles. The minimum absolute atomic E-state index is 0.156. The van der Waals surface area contributed by atoms with Crippen molar-refractivity contribution in [3.05, 3.63) is 35.4 Å². The standard InChI is InChI=1S/C14H18O2/c1-13(2,3)11-4-6-12(7-5-11)14(8-15)9-16-10-14/h4-8H,9-10H2,1-3H3. The normalized spacial score (nSPS) is 18.9. The summed E-state index contributed by atoms with van der Waals surface area (Å²) >= 11 is 0. The second kappa shape index (κ2) is 3.70. The van der Waals surface area contributed by atoms with Gasteiger partial charge >= 0.3 is 0 Å². The van der Waals surface area contributed by atoms with E-state index in [-0.39, 0.29) is 10.8 Å². The van der Waals surface area contributed by atoms with Gasteiger partial charge < -0.3 is 9.53 Å². The molecule has 0 radical (unpaired) electrons. The SMILES string of the molecule is CC(C)(C)c1ccc(C2(C=O)COC2)cc1. The molecule has 1 aromatic rings. The molecule has 2 heteroatoms. The molecule has 0 aliphatic carbocycles. The first-order valence-electron chi connectivity index (χ1n) is 5.63. The van der Waals surface area contributed by atoms with Gasteiger partial charge in [0.05, 0.1) is 18.6 Å². The van der Waals surface area contributed by atoms with Gasteiger partial charge in [-0.05, 0) is 16.5 Å². The number of benzene rings is 1. The highest BCUT2D eigenvalue weighted by Gasteiger charge is 2.40. The van der Waals surface area contributed by atoms with E-state index >= 15 is 0 Å². The highest BCUT2D eigenvalue weighted by atomic mass is 16.5. The maximum Gasteiger partial charge on any atom is 0.135 e. The molecule has 0 spiro atoms. The number of hydrogen-bond donors (Lipinski definition) is 0. The van der Waals surface area contributed by atoms with E-state index in [4.69, 9.17) is 4.74 Å². The van der Waals surface area contributed by atoms with Crippen molar-refractivity contribution >= 4 is 6.29 Å². The average molecular weight is 218 g/mol. The highest BCUT2D eigenvalue weighted by molar-refractivity contribution is 5.70. The number of rotatable bonds is 2. The lowest BCUT2D eigenvalue weighted by Gasteiger charge is -2.37. The molecule has 86 valence electrons. The molecular formula is C14H18O2. The van der Waals surface area contributed by atoms with Crippen molar-refractivity contribution in [1.82, 2.24) is 0 Å². The Hall–Kier alpha value is -1.15. The van der Waals surface area contributed by atoms with Crippen LogP contribution in [0.15, 0.2) is 24.3 Å². The molecule has 0 saturated carbocycles. The van der Waals surface area contributed by atoms with Crippen LogP contribution in [0.3, 0.4) is 0 Å². The molecule has 1 aromatic carbocycles. The molecular weight excluding hydrogens is 200 g/mol. The van der Waals surface area contributed by atoms with Crippen molar-refractivity contribution in [3.8, 4) is 0 Å². The van der Waals surface area contributed by atoms with Crippen LogP contribution in [0.25, 0.3) is 0 Å². The monoisotopic (exact) mass is 218 g/mol. The molecule has 0 N–H and O–H groups in total. The maximum absolute atomic E-state index is 11.1. The zero-order valence-corrected chi connectivity index (χ0v) is 10.1. The Morgan fingerprint density at radius 2 is 1.75 bits per heavy atom. The van der Waals surface area contributed by atoms with Gasteiger partial charge in [0.2, 0.25) is 0 Å². The Balaban J connectivity index is 2.29. The summed E-state index contributed by atoms with van der Waals surface area (Å²) in [5, 5.41) is 0. The van der Waals surface area contributed by atoms with Gasteiger partial charge in [-0.3, -0.25) is 0 Å². The lowest BCUT2D eigenvalue weighted by atomic mass is 9.78. The summed E-state index contributed by atoms with van der Waals surface area (Å²) < 4.78 is 5.15. The minimum atomic E-state index is -0.379. The molecule has 0 unspecified atom stereocenters. The van der Waals surface area contributed by atoms with Crippen LogP contribution in [-0.2, 0) is 20.4 Å². The quantitative estimate of drug-likeness (QED) is 0.713. The average Bonchev–Trinajstić information content (AvgIpc) is 2.16. The van der Waals surface area contributed by atoms with E-state index in [9.17, 15) is 4.79 Å². The van der Waals surface area contributed by atoms with Crippen LogP contribution in [0.2, 0.25) is 0 Å². The fourth-order valence-corrected chi connectivity index (χ4v) is 1.93. The smallest absolute Gasteiger partial charge is 0.135 e. The summed E-state index contributed by atoms with van der Waals surface area (Å²) in [5.74, 6) is 0. The van der Waals surface area contributed by atoms with Crippen LogP contribution in [0.5, 0.6) is 0 Å². The fourth-order valence-electron chi connectivity index (χ4n) is 1.93. The van der Waals surface area contributed by atoms with Crippen molar-refractivity contribution < 1.29 is 9.53 Å². The summed E-state index contributed by atoms with van der Waals surface area (Å²) in [5.41, 5.74) is 2.14. The number of ether oxygens (including phenoxy) is 1. The molecule has 2 rings (SSSR count). The second-order valence-corrected chi connectivity index (χ2v) is 5.59. The van der Waals surface area contributed by atoms with E-state index < -0.39 is 0 Å². The number of aldehydes is 1. The molecule has 16 heavy (non-hydrogen) atoms. The van der Waals surface area contributed by atoms with Gasteiger partial charge in [0.1, 0.15) is 6.29 Å². The predicted molar refractivity (Wildman–Crippen MR) is 63.7 cm³/mol. The van der Waals surface area contributed by atoms with E-state index in [0.717, 1.165) is 11.8 Å². The lowest BCUT2D eigenvalue weighted by Crippen LogP contribution is -2.48. The van der Waals surface area contributed by atoms with Crippen molar-refractivity contribution in [2.45, 2.75) is 31.6 Å². The summed E-state index contributed by atoms with van der Waals surface area (Å²) in [6.45, 7) is 7.59. The number of hydrogen-bond acceptors (Lipinski definition) is 2. The van der Waals surface area contributed by atoms with Crippen molar-refractivity contribution in [3.63, 3.8) is 0 Å². The van der Waals surface area contributed by atoms with Gasteiger partial charge in [0.25, 0.3) is 0 Å². The van der Waals surface area contributed by atoms with Gasteiger partial charge in [-0.2, -0.15) is 0 Å². The van der Waals surface area contributed by atoms with Gasteiger partial charge in [-0.1, -0.05) is 45.0 Å². The van der Waals surface area contributed by atoms with Gasteiger partial charge in [0.15, 0.2) is 0 Å². The third-order valence-electron chi connectivity index (χ3n) is 3.27. The van der Waals surface area contributed by atoms with Crippen LogP contribution < -0.4 is 0 Å². The van der Waals surface area contributed by atoms with Gasteiger partial charge in [-0.25, -0.2) is 0 Å². The minimum Gasteiger partial charge on any atom is -0.379 e. The lowest BCUT2D eigenvalue weighted by molar-refractivity contribution is -0.129. The fraction of sp³-hybridized carbons (Fsp3) is 0.500. The van der Waals surface area contributed by atoms with Crippen LogP contribution in [-0.4, -0.2) is 19.5 Å². The number of carbonyl (C=O) groups excluding carboxylic acids is 1. The van der Waals surface area contributed by atoms with Crippen molar-refractivity contribution in [2.24, 2.45) is 0 Å². The summed E-state index contributed by atoms with van der Waals surface area (Å²) in [6, 6.07) is 8.33. The first-order chi connectivity index (χ1) is 7.48. The molecule has 0 amide bonds. The van der Waals surface area contributed by atoms with Gasteiger partial charge in [0, 0.05) is 0 Å². The van der Waals surface area contributed by atoms with Crippen LogP contribution >= 0.6 is 0 Å². The van der Waals surface area contributed by atoms with E-state index in [0.29, 0.717) is 13.2 Å². The molecule has 1 fully saturated rings. The highest BCUT2D eigenvalue weighted by Crippen LogP contribution is 2.32. The molecule has 0 atom stereocenters. The molecule has 0 aromatic heterocycles. The van der Waals surface area contributed by atoms with E-state index in [2.05, 4.69) is 45.0 Å². The molecule has 1 heterocycles. The Labute approximate surface area is 96.6 Å². The molecule has 2 nitrogen and oxygen atoms in total. The summed E-state index contributed by atoms with van der Waals surface area (Å²) in [6.07, 6.45) is 1.02. The predicted octanol–water partition coefficient (Wildman–Crippen LogP) is 2.45. The molecule has 1 aliphatic rings.